The van der Waals surface area contributed by atoms with Gasteiger partial charge in [0, 0.05) is 31.0 Å². The number of allylic oxidation sites excluding steroid dienone is 1. The molecule has 2 heterocycles. The van der Waals surface area contributed by atoms with Crippen molar-refractivity contribution in [1.82, 2.24) is 20.5 Å². The van der Waals surface area contributed by atoms with Gasteiger partial charge in [0.2, 0.25) is 0 Å². The number of likely N-dealkylation sites (tertiary alicyclic amines) is 1. The van der Waals surface area contributed by atoms with E-state index in [0.29, 0.717) is 31.5 Å². The largest absolute Gasteiger partial charge is 0.573 e. The number of aromatic nitrogens is 1. The summed E-state index contributed by atoms with van der Waals surface area (Å²) in [6, 6.07) is 3.03. The van der Waals surface area contributed by atoms with Crippen LogP contribution < -0.4 is 10.6 Å². The minimum absolute atomic E-state index is 0.0843. The number of nitrogens with one attached hydrogen (secondary N) is 2. The van der Waals surface area contributed by atoms with Gasteiger partial charge in [-0.2, -0.15) is 0 Å². The Bertz CT molecular complexity index is 875. The predicted octanol–water partition coefficient (Wildman–Crippen LogP) is 3.43. The zero-order chi connectivity index (χ0) is 22.6. The standard InChI is InChI=1S/C21H25F3N4O3/c1-14-3-4-15(13-25-14)18(29)28-11-7-16(8-12-28)26-19(30)27-20(2)9-5-17(6-10-20)31-21(22,23)24/h3-6,9,13,16H,7-8,10-12H2,1-2H3,(H2,26,27,30). The lowest BCUT2D eigenvalue weighted by atomic mass is 9.93. The molecule has 1 unspecified atom stereocenters. The Morgan fingerprint density at radius 3 is 2.52 bits per heavy atom. The van der Waals surface area contributed by atoms with Crippen molar-refractivity contribution in [2.75, 3.05) is 13.1 Å². The molecule has 1 aliphatic heterocycles. The van der Waals surface area contributed by atoms with Gasteiger partial charge in [-0.05, 0) is 57.4 Å². The number of amides is 3. The molecule has 0 bridgehead atoms. The molecule has 1 aliphatic carbocycles. The van der Waals surface area contributed by atoms with Crippen molar-refractivity contribution < 1.29 is 27.5 Å². The van der Waals surface area contributed by atoms with Crippen LogP contribution >= 0.6 is 0 Å². The van der Waals surface area contributed by atoms with E-state index in [9.17, 15) is 22.8 Å². The van der Waals surface area contributed by atoms with E-state index in [1.807, 2.05) is 6.92 Å². The summed E-state index contributed by atoms with van der Waals surface area (Å²) in [7, 11) is 0. The smallest absolute Gasteiger partial charge is 0.406 e. The molecule has 1 saturated heterocycles. The highest BCUT2D eigenvalue weighted by Gasteiger charge is 2.34. The maximum Gasteiger partial charge on any atom is 0.573 e. The van der Waals surface area contributed by atoms with Crippen LogP contribution in [-0.2, 0) is 4.74 Å². The molecule has 1 fully saturated rings. The van der Waals surface area contributed by atoms with E-state index in [4.69, 9.17) is 0 Å². The molecule has 2 N–H and O–H groups in total. The zero-order valence-electron chi connectivity index (χ0n) is 17.3. The van der Waals surface area contributed by atoms with Crippen molar-refractivity contribution in [2.24, 2.45) is 0 Å². The van der Waals surface area contributed by atoms with Crippen molar-refractivity contribution in [3.63, 3.8) is 0 Å². The third-order valence-corrected chi connectivity index (χ3v) is 5.25. The topological polar surface area (TPSA) is 83.6 Å². The summed E-state index contributed by atoms with van der Waals surface area (Å²) >= 11 is 0. The third kappa shape index (κ3) is 6.47. The van der Waals surface area contributed by atoms with Gasteiger partial charge in [0.1, 0.15) is 5.76 Å². The maximum atomic E-state index is 12.6. The fourth-order valence-electron chi connectivity index (χ4n) is 3.50. The van der Waals surface area contributed by atoms with Crippen molar-refractivity contribution in [1.29, 1.82) is 0 Å². The average Bonchev–Trinajstić information content (AvgIpc) is 2.69. The second-order valence-electron chi connectivity index (χ2n) is 7.96. The highest BCUT2D eigenvalue weighted by molar-refractivity contribution is 5.94. The van der Waals surface area contributed by atoms with Gasteiger partial charge in [0.25, 0.3) is 5.91 Å². The summed E-state index contributed by atoms with van der Waals surface area (Å²) in [5, 5.41) is 5.67. The number of rotatable bonds is 4. The van der Waals surface area contributed by atoms with E-state index in [2.05, 4.69) is 20.4 Å². The van der Waals surface area contributed by atoms with Crippen LogP contribution in [0.2, 0.25) is 0 Å². The summed E-state index contributed by atoms with van der Waals surface area (Å²) in [6.45, 7) is 4.58. The Kier molecular flexibility index (Phi) is 6.56. The maximum absolute atomic E-state index is 12.6. The number of halogens is 3. The molecule has 31 heavy (non-hydrogen) atoms. The fraction of sp³-hybridized carbons (Fsp3) is 0.476. The first-order valence-electron chi connectivity index (χ1n) is 9.99. The summed E-state index contributed by atoms with van der Waals surface area (Å²) in [4.78, 5) is 30.8. The molecule has 10 heteroatoms. The van der Waals surface area contributed by atoms with Gasteiger partial charge < -0.3 is 20.3 Å². The first kappa shape index (κ1) is 22.6. The number of piperidine rings is 1. The number of nitrogens with zero attached hydrogens (tertiary/aromatic N) is 2. The normalized spacial score (nSPS) is 22.0. The fourth-order valence-corrected chi connectivity index (χ4v) is 3.50. The van der Waals surface area contributed by atoms with Gasteiger partial charge in [-0.15, -0.1) is 13.2 Å². The number of pyridine rings is 1. The molecule has 1 aromatic rings. The molecule has 1 atom stereocenters. The van der Waals surface area contributed by atoms with Crippen LogP contribution in [0, 0.1) is 6.92 Å². The number of aryl methyl sites for hydroxylation is 1. The highest BCUT2D eigenvalue weighted by Crippen LogP contribution is 2.27. The molecule has 0 saturated carbocycles. The van der Waals surface area contributed by atoms with Crippen LogP contribution in [0.25, 0.3) is 0 Å². The van der Waals surface area contributed by atoms with Crippen molar-refractivity contribution >= 4 is 11.9 Å². The molecular weight excluding hydrogens is 413 g/mol. The number of alkyl halides is 3. The number of carbonyl (C=O) groups is 2. The van der Waals surface area contributed by atoms with Gasteiger partial charge in [-0.3, -0.25) is 9.78 Å². The first-order valence-corrected chi connectivity index (χ1v) is 9.99. The lowest BCUT2D eigenvalue weighted by Gasteiger charge is -2.34. The molecule has 2 aliphatic rings. The van der Waals surface area contributed by atoms with Gasteiger partial charge >= 0.3 is 12.4 Å². The number of hydrogen-bond acceptors (Lipinski definition) is 4. The van der Waals surface area contributed by atoms with Gasteiger partial charge in [0.05, 0.1) is 11.1 Å². The monoisotopic (exact) mass is 438 g/mol. The van der Waals surface area contributed by atoms with Crippen LogP contribution in [0.5, 0.6) is 0 Å². The van der Waals surface area contributed by atoms with Crippen LogP contribution in [0.15, 0.2) is 42.3 Å². The van der Waals surface area contributed by atoms with Crippen LogP contribution in [0.4, 0.5) is 18.0 Å². The van der Waals surface area contributed by atoms with Crippen molar-refractivity contribution in [3.05, 3.63) is 53.6 Å². The molecule has 0 spiro atoms. The van der Waals surface area contributed by atoms with Crippen molar-refractivity contribution in [3.8, 4) is 0 Å². The Morgan fingerprint density at radius 1 is 1.26 bits per heavy atom. The minimum atomic E-state index is -4.75. The van der Waals surface area contributed by atoms with Crippen LogP contribution in [0.1, 0.15) is 42.2 Å². The summed E-state index contributed by atoms with van der Waals surface area (Å²) in [6.07, 6.45) is 2.15. The van der Waals surface area contributed by atoms with Crippen LogP contribution in [-0.4, -0.2) is 52.9 Å². The second-order valence-corrected chi connectivity index (χ2v) is 7.96. The van der Waals surface area contributed by atoms with Gasteiger partial charge in [0.15, 0.2) is 0 Å². The van der Waals surface area contributed by atoms with E-state index < -0.39 is 17.9 Å². The number of urea groups is 1. The molecule has 3 rings (SSSR count). The third-order valence-electron chi connectivity index (χ3n) is 5.25. The Morgan fingerprint density at radius 2 is 1.97 bits per heavy atom. The van der Waals surface area contributed by atoms with Crippen molar-refractivity contribution in [2.45, 2.75) is 51.1 Å². The van der Waals surface area contributed by atoms with E-state index in [1.165, 1.54) is 18.2 Å². The minimum Gasteiger partial charge on any atom is -0.406 e. The summed E-state index contributed by atoms with van der Waals surface area (Å²) < 4.78 is 40.7. The number of ether oxygens (including phenoxy) is 1. The lowest BCUT2D eigenvalue weighted by molar-refractivity contribution is -0.303. The molecule has 7 nitrogen and oxygen atoms in total. The quantitative estimate of drug-likeness (QED) is 0.755. The van der Waals surface area contributed by atoms with E-state index in [1.54, 1.807) is 30.2 Å². The lowest BCUT2D eigenvalue weighted by Crippen LogP contribution is -2.54. The molecule has 0 radical (unpaired) electrons. The summed E-state index contributed by atoms with van der Waals surface area (Å²) in [5.41, 5.74) is 0.553. The average molecular weight is 438 g/mol. The Balaban J connectivity index is 1.44. The second kappa shape index (κ2) is 8.99. The molecule has 1 aromatic heterocycles. The van der Waals surface area contributed by atoms with Crippen LogP contribution in [0.3, 0.4) is 0 Å². The van der Waals surface area contributed by atoms with Gasteiger partial charge in [-0.25, -0.2) is 4.79 Å². The van der Waals surface area contributed by atoms with E-state index >= 15 is 0 Å². The summed E-state index contributed by atoms with van der Waals surface area (Å²) in [5.74, 6) is -0.382. The van der Waals surface area contributed by atoms with Gasteiger partial charge in [-0.1, -0.05) is 6.08 Å². The SMILES string of the molecule is Cc1ccc(C(=O)N2CCC(NC(=O)NC3(C)C=CC(OC(F)(F)F)=CC3)CC2)cn1. The Labute approximate surface area is 178 Å². The van der Waals surface area contributed by atoms with E-state index in [-0.39, 0.29) is 24.1 Å². The zero-order valence-corrected chi connectivity index (χ0v) is 17.3. The van der Waals surface area contributed by atoms with E-state index in [0.717, 1.165) is 5.69 Å². The molecule has 168 valence electrons. The number of hydrogen-bond donors (Lipinski definition) is 2. The molecule has 0 aromatic carbocycles. The molecule has 3 amide bonds. The molecular formula is C21H25F3N4O3. The number of carbonyl (C=O) groups excluding carboxylic acids is 2. The predicted molar refractivity (Wildman–Crippen MR) is 107 cm³/mol. The highest BCUT2D eigenvalue weighted by atomic mass is 19.4. The Hall–Kier alpha value is -3.04. The first-order chi connectivity index (χ1) is 14.5.